The normalized spacial score (nSPS) is 20.6. The summed E-state index contributed by atoms with van der Waals surface area (Å²) in [7, 11) is -4.24. The van der Waals surface area contributed by atoms with Crippen LogP contribution in [0, 0.1) is 11.8 Å². The first-order valence-corrected chi connectivity index (χ1v) is 15.3. The lowest BCUT2D eigenvalue weighted by Crippen LogP contribution is -2.63. The molecule has 0 saturated carbocycles. The lowest BCUT2D eigenvalue weighted by molar-refractivity contribution is 0.0182. The Morgan fingerprint density at radius 1 is 0.946 bits per heavy atom. The number of hydrogen-bond donors (Lipinski definition) is 3. The minimum atomic E-state index is -4.24. The van der Waals surface area contributed by atoms with Gasteiger partial charge < -0.3 is 10.8 Å². The molecule has 1 aliphatic heterocycles. The van der Waals surface area contributed by atoms with Crippen LogP contribution in [0.3, 0.4) is 0 Å². The fourth-order valence-corrected chi connectivity index (χ4v) is 5.51. The topological polar surface area (TPSA) is 124 Å². The van der Waals surface area contributed by atoms with Crippen molar-refractivity contribution in [1.82, 2.24) is 9.80 Å². The number of unbranched alkanes of at least 4 members (excludes halogenated alkanes) is 2. The minimum absolute atomic E-state index is 0.0348. The zero-order chi connectivity index (χ0) is 28.1. The van der Waals surface area contributed by atoms with Gasteiger partial charge in [-0.2, -0.15) is 8.42 Å². The molecule has 9 heteroatoms. The first-order valence-electron chi connectivity index (χ1n) is 13.9. The van der Waals surface area contributed by atoms with Crippen LogP contribution >= 0.6 is 0 Å². The fraction of sp³-hybridized carbons (Fsp3) is 0.750. The van der Waals surface area contributed by atoms with E-state index in [1.54, 1.807) is 0 Å². The Bertz CT molecular complexity index is 862. The van der Waals surface area contributed by atoms with Crippen LogP contribution < -0.4 is 5.73 Å². The minimum Gasteiger partial charge on any atom is -0.478 e. The molecule has 214 valence electrons. The maximum absolute atomic E-state index is 10.5. The van der Waals surface area contributed by atoms with Gasteiger partial charge in [-0.25, -0.2) is 4.79 Å². The van der Waals surface area contributed by atoms with Crippen LogP contribution in [0.4, 0.5) is 0 Å². The van der Waals surface area contributed by atoms with Crippen LogP contribution in [0.2, 0.25) is 0 Å². The molecular weight excluding hydrogens is 490 g/mol. The van der Waals surface area contributed by atoms with E-state index in [0.717, 1.165) is 55.9 Å². The van der Waals surface area contributed by atoms with Gasteiger partial charge in [-0.1, -0.05) is 66.2 Å². The Morgan fingerprint density at radius 2 is 1.38 bits per heavy atom. The second-order valence-electron chi connectivity index (χ2n) is 11.0. The van der Waals surface area contributed by atoms with Crippen molar-refractivity contribution >= 4 is 16.1 Å². The van der Waals surface area contributed by atoms with Crippen molar-refractivity contribution in [3.05, 3.63) is 29.8 Å². The van der Waals surface area contributed by atoms with E-state index < -0.39 is 16.1 Å². The molecule has 0 aliphatic carbocycles. The molecule has 0 bridgehead atoms. The summed E-state index contributed by atoms with van der Waals surface area (Å²) in [6.45, 7) is 17.2. The molecule has 1 aromatic carbocycles. The summed E-state index contributed by atoms with van der Waals surface area (Å²) in [5.41, 5.74) is 6.51. The van der Waals surface area contributed by atoms with Gasteiger partial charge in [0, 0.05) is 31.7 Å². The maximum atomic E-state index is 10.5. The molecule has 2 atom stereocenters. The standard InChI is InChI=1S/C21H45N3.C7H6O5S/c1-6-10-12-19(8-3)14-23-16-21(5,22)17-24(18-23)15-20(9-4)13-11-7-2;8-7(9)5-1-3-6(4-2-5)13(10,11)12/h19-20H,6-18,22H2,1-5H3;1-4H,(H,8,9)(H,10,11,12). The van der Waals surface area contributed by atoms with E-state index in [-0.39, 0.29) is 16.0 Å². The third-order valence-corrected chi connectivity index (χ3v) is 7.96. The summed E-state index contributed by atoms with van der Waals surface area (Å²) in [4.78, 5) is 15.3. The van der Waals surface area contributed by atoms with Gasteiger partial charge in [0.15, 0.2) is 0 Å². The third kappa shape index (κ3) is 13.2. The van der Waals surface area contributed by atoms with Crippen LogP contribution in [0.1, 0.15) is 96.3 Å². The molecule has 0 spiro atoms. The average Bonchev–Trinajstić information content (AvgIpc) is 2.83. The van der Waals surface area contributed by atoms with Crippen LogP contribution in [0.25, 0.3) is 0 Å². The van der Waals surface area contributed by atoms with Crippen molar-refractivity contribution in [2.45, 2.75) is 96.4 Å². The second kappa shape index (κ2) is 16.4. The monoisotopic (exact) mass is 541 g/mol. The van der Waals surface area contributed by atoms with Gasteiger partial charge in [0.05, 0.1) is 17.1 Å². The summed E-state index contributed by atoms with van der Waals surface area (Å²) < 4.78 is 29.6. The number of benzene rings is 1. The van der Waals surface area contributed by atoms with E-state index in [0.29, 0.717) is 0 Å². The van der Waals surface area contributed by atoms with Gasteiger partial charge in [0.1, 0.15) is 0 Å². The van der Waals surface area contributed by atoms with Gasteiger partial charge in [0.2, 0.25) is 0 Å². The molecule has 2 unspecified atom stereocenters. The lowest BCUT2D eigenvalue weighted by Gasteiger charge is -2.46. The maximum Gasteiger partial charge on any atom is 0.335 e. The van der Waals surface area contributed by atoms with Gasteiger partial charge in [-0.05, 0) is 55.9 Å². The Hall–Kier alpha value is -1.52. The number of aromatic carboxylic acids is 1. The molecule has 0 radical (unpaired) electrons. The summed E-state index contributed by atoms with van der Waals surface area (Å²) in [6, 6.07) is 4.26. The molecule has 0 amide bonds. The van der Waals surface area contributed by atoms with Gasteiger partial charge in [0.25, 0.3) is 10.1 Å². The highest BCUT2D eigenvalue weighted by atomic mass is 32.2. The van der Waals surface area contributed by atoms with Crippen molar-refractivity contribution in [2.24, 2.45) is 17.6 Å². The summed E-state index contributed by atoms with van der Waals surface area (Å²) >= 11 is 0. The molecule has 1 aromatic rings. The second-order valence-corrected chi connectivity index (χ2v) is 12.4. The Morgan fingerprint density at radius 3 is 1.70 bits per heavy atom. The molecular formula is C28H51N3O5S. The van der Waals surface area contributed by atoms with E-state index in [1.165, 1.54) is 64.5 Å². The first kappa shape index (κ1) is 33.5. The quantitative estimate of drug-likeness (QED) is 0.270. The SMILES string of the molecule is CCCCC(CC)CN1CN(CC(CC)CCCC)CC(C)(N)C1.O=C(O)c1ccc(S(=O)(=O)O)cc1. The van der Waals surface area contributed by atoms with Gasteiger partial charge >= 0.3 is 5.97 Å². The Kier molecular flexibility index (Phi) is 14.9. The van der Waals surface area contributed by atoms with Gasteiger partial charge in [-0.15, -0.1) is 0 Å². The zero-order valence-electron chi connectivity index (χ0n) is 23.7. The number of rotatable bonds is 14. The molecule has 1 saturated heterocycles. The fourth-order valence-electron chi connectivity index (χ4n) is 5.03. The molecule has 2 rings (SSSR count). The predicted octanol–water partition coefficient (Wildman–Crippen LogP) is 5.34. The smallest absolute Gasteiger partial charge is 0.335 e. The average molecular weight is 542 g/mol. The largest absolute Gasteiger partial charge is 0.478 e. The van der Waals surface area contributed by atoms with Crippen molar-refractivity contribution in [2.75, 3.05) is 32.8 Å². The number of carboxylic acid groups (broad SMARTS) is 1. The molecule has 8 nitrogen and oxygen atoms in total. The van der Waals surface area contributed by atoms with E-state index in [9.17, 15) is 13.2 Å². The molecule has 37 heavy (non-hydrogen) atoms. The van der Waals surface area contributed by atoms with Crippen molar-refractivity contribution in [1.29, 1.82) is 0 Å². The number of hydrogen-bond acceptors (Lipinski definition) is 6. The van der Waals surface area contributed by atoms with Crippen LogP contribution in [-0.2, 0) is 10.1 Å². The number of nitrogens with two attached hydrogens (primary N) is 1. The van der Waals surface area contributed by atoms with E-state index >= 15 is 0 Å². The van der Waals surface area contributed by atoms with E-state index in [2.05, 4.69) is 44.4 Å². The molecule has 1 heterocycles. The Labute approximate surface area is 225 Å². The highest BCUT2D eigenvalue weighted by Crippen LogP contribution is 2.22. The Balaban J connectivity index is 0.000000442. The third-order valence-electron chi connectivity index (χ3n) is 7.09. The molecule has 1 fully saturated rings. The van der Waals surface area contributed by atoms with E-state index in [1.807, 2.05) is 0 Å². The predicted molar refractivity (Wildman–Crippen MR) is 150 cm³/mol. The van der Waals surface area contributed by atoms with Gasteiger partial charge in [-0.3, -0.25) is 14.4 Å². The summed E-state index contributed by atoms with van der Waals surface area (Å²) in [6.07, 6.45) is 10.7. The molecule has 4 N–H and O–H groups in total. The number of carboxylic acids is 1. The van der Waals surface area contributed by atoms with Crippen molar-refractivity contribution < 1.29 is 22.9 Å². The first-order chi connectivity index (χ1) is 17.3. The van der Waals surface area contributed by atoms with Crippen LogP contribution in [0.15, 0.2) is 29.2 Å². The van der Waals surface area contributed by atoms with Crippen molar-refractivity contribution in [3.8, 4) is 0 Å². The summed E-state index contributed by atoms with van der Waals surface area (Å²) in [5, 5.41) is 8.47. The van der Waals surface area contributed by atoms with Crippen LogP contribution in [-0.4, -0.2) is 72.2 Å². The van der Waals surface area contributed by atoms with Crippen LogP contribution in [0.5, 0.6) is 0 Å². The highest BCUT2D eigenvalue weighted by molar-refractivity contribution is 7.85. The zero-order valence-corrected chi connectivity index (χ0v) is 24.5. The number of carbonyl (C=O) groups is 1. The number of nitrogens with zero attached hydrogens (tertiary/aromatic N) is 2. The van der Waals surface area contributed by atoms with Crippen molar-refractivity contribution in [3.63, 3.8) is 0 Å². The molecule has 0 aromatic heterocycles. The molecule has 1 aliphatic rings. The lowest BCUT2D eigenvalue weighted by atomic mass is 9.94. The highest BCUT2D eigenvalue weighted by Gasteiger charge is 2.33. The summed E-state index contributed by atoms with van der Waals surface area (Å²) in [5.74, 6) is 0.521. The van der Waals surface area contributed by atoms with E-state index in [4.69, 9.17) is 15.4 Å².